The van der Waals surface area contributed by atoms with Crippen LogP contribution in [0.4, 0.5) is 17.3 Å². The van der Waals surface area contributed by atoms with Crippen molar-refractivity contribution < 1.29 is 9.53 Å². The molecular formula is C21H21ClN4O2. The summed E-state index contributed by atoms with van der Waals surface area (Å²) in [5, 5.41) is 6.52. The number of ether oxygens (including phenoxy) is 1. The van der Waals surface area contributed by atoms with Crippen LogP contribution in [0.1, 0.15) is 27.0 Å². The maximum absolute atomic E-state index is 12.5. The molecule has 144 valence electrons. The van der Waals surface area contributed by atoms with Crippen molar-refractivity contribution in [2.45, 2.75) is 20.8 Å². The minimum absolute atomic E-state index is 0.334. The maximum atomic E-state index is 12.5. The highest BCUT2D eigenvalue weighted by molar-refractivity contribution is 6.31. The van der Waals surface area contributed by atoms with Crippen molar-refractivity contribution in [2.75, 3.05) is 17.7 Å². The van der Waals surface area contributed by atoms with Gasteiger partial charge in [0, 0.05) is 29.2 Å². The topological polar surface area (TPSA) is 76.1 Å². The van der Waals surface area contributed by atoms with E-state index in [-0.39, 0.29) is 5.91 Å². The van der Waals surface area contributed by atoms with E-state index in [1.807, 2.05) is 32.9 Å². The lowest BCUT2D eigenvalue weighted by Gasteiger charge is -2.12. The van der Waals surface area contributed by atoms with Gasteiger partial charge in [-0.3, -0.25) is 4.79 Å². The number of carbonyl (C=O) groups excluding carboxylic acids is 1. The largest absolute Gasteiger partial charge is 0.495 e. The molecule has 0 radical (unpaired) electrons. The molecule has 0 aliphatic carbocycles. The number of rotatable bonds is 5. The van der Waals surface area contributed by atoms with Crippen LogP contribution in [-0.4, -0.2) is 23.0 Å². The number of nitrogens with zero attached hydrogens (tertiary/aromatic N) is 2. The summed E-state index contributed by atoms with van der Waals surface area (Å²) in [6.07, 6.45) is 2.95. The number of benzene rings is 2. The van der Waals surface area contributed by atoms with Crippen LogP contribution < -0.4 is 15.4 Å². The zero-order chi connectivity index (χ0) is 20.3. The third kappa shape index (κ3) is 4.58. The molecule has 0 saturated carbocycles. The highest BCUT2D eigenvalue weighted by atomic mass is 35.5. The van der Waals surface area contributed by atoms with E-state index in [4.69, 9.17) is 16.3 Å². The van der Waals surface area contributed by atoms with Crippen molar-refractivity contribution in [1.29, 1.82) is 0 Å². The Hall–Kier alpha value is -3.12. The Bertz CT molecular complexity index is 999. The van der Waals surface area contributed by atoms with Gasteiger partial charge in [-0.25, -0.2) is 9.97 Å². The quantitative estimate of drug-likeness (QED) is 0.630. The van der Waals surface area contributed by atoms with E-state index in [2.05, 4.69) is 26.7 Å². The zero-order valence-corrected chi connectivity index (χ0v) is 16.9. The number of aromatic nitrogens is 2. The first-order valence-corrected chi connectivity index (χ1v) is 9.06. The fourth-order valence-corrected chi connectivity index (χ4v) is 2.96. The Balaban J connectivity index is 1.74. The van der Waals surface area contributed by atoms with Crippen molar-refractivity contribution in [3.63, 3.8) is 0 Å². The van der Waals surface area contributed by atoms with E-state index in [1.165, 1.54) is 19.5 Å². The van der Waals surface area contributed by atoms with Crippen LogP contribution in [0.25, 0.3) is 0 Å². The highest BCUT2D eigenvalue weighted by Crippen LogP contribution is 2.31. The van der Waals surface area contributed by atoms with Gasteiger partial charge >= 0.3 is 0 Å². The molecule has 0 bridgehead atoms. The fraction of sp³-hybridized carbons (Fsp3) is 0.190. The second-order valence-electron chi connectivity index (χ2n) is 6.55. The number of nitrogens with one attached hydrogen (secondary N) is 2. The number of amides is 1. The number of methoxy groups -OCH3 is 1. The molecule has 1 amide bonds. The smallest absolute Gasteiger partial charge is 0.258 e. The molecule has 3 aromatic rings. The molecule has 2 aromatic carbocycles. The second-order valence-corrected chi connectivity index (χ2v) is 6.96. The molecule has 0 fully saturated rings. The normalized spacial score (nSPS) is 10.5. The van der Waals surface area contributed by atoms with E-state index in [1.54, 1.807) is 12.1 Å². The predicted molar refractivity (Wildman–Crippen MR) is 112 cm³/mol. The van der Waals surface area contributed by atoms with Crippen LogP contribution in [0.5, 0.6) is 5.75 Å². The summed E-state index contributed by atoms with van der Waals surface area (Å²) in [6.45, 7) is 5.91. The Morgan fingerprint density at radius 3 is 2.25 bits per heavy atom. The molecule has 0 spiro atoms. The fourth-order valence-electron chi connectivity index (χ4n) is 2.81. The molecular weight excluding hydrogens is 376 g/mol. The molecule has 0 aliphatic heterocycles. The third-order valence-corrected chi connectivity index (χ3v) is 4.53. The van der Waals surface area contributed by atoms with Gasteiger partial charge in [-0.05, 0) is 55.7 Å². The standard InChI is InChI=1S/C21H21ClN4O2/c1-12-5-13(2)7-16(6-12)25-21-23-10-15(11-24-21)20(27)26-18-8-14(3)17(22)9-19(18)28-4/h5-11H,1-4H3,(H,26,27)(H,23,24,25). The van der Waals surface area contributed by atoms with Gasteiger partial charge in [0.1, 0.15) is 5.75 Å². The van der Waals surface area contributed by atoms with Crippen molar-refractivity contribution >= 4 is 34.8 Å². The Morgan fingerprint density at radius 1 is 1.00 bits per heavy atom. The average Bonchev–Trinajstić information content (AvgIpc) is 2.64. The number of aryl methyl sites for hydroxylation is 3. The summed E-state index contributed by atoms with van der Waals surface area (Å²) in [6, 6.07) is 9.53. The van der Waals surface area contributed by atoms with Gasteiger partial charge in [0.05, 0.1) is 18.4 Å². The van der Waals surface area contributed by atoms with Crippen LogP contribution in [0.3, 0.4) is 0 Å². The van der Waals surface area contributed by atoms with Crippen molar-refractivity contribution in [3.05, 3.63) is 70.0 Å². The number of hydrogen-bond acceptors (Lipinski definition) is 5. The van der Waals surface area contributed by atoms with Gasteiger partial charge in [-0.1, -0.05) is 17.7 Å². The first kappa shape index (κ1) is 19.6. The van der Waals surface area contributed by atoms with Gasteiger partial charge in [0.2, 0.25) is 5.95 Å². The van der Waals surface area contributed by atoms with E-state index in [9.17, 15) is 4.79 Å². The molecule has 3 rings (SSSR count). The Kier molecular flexibility index (Phi) is 5.80. The van der Waals surface area contributed by atoms with Gasteiger partial charge in [0.15, 0.2) is 0 Å². The van der Waals surface area contributed by atoms with Crippen LogP contribution in [-0.2, 0) is 0 Å². The second kappa shape index (κ2) is 8.27. The SMILES string of the molecule is COc1cc(Cl)c(C)cc1NC(=O)c1cnc(Nc2cc(C)cc(C)c2)nc1. The molecule has 7 heteroatoms. The molecule has 28 heavy (non-hydrogen) atoms. The predicted octanol–water partition coefficient (Wildman–Crippen LogP) is 5.06. The lowest BCUT2D eigenvalue weighted by Crippen LogP contribution is -2.14. The van der Waals surface area contributed by atoms with Gasteiger partial charge in [-0.15, -0.1) is 0 Å². The first-order valence-electron chi connectivity index (χ1n) is 8.68. The molecule has 0 unspecified atom stereocenters. The van der Waals surface area contributed by atoms with Crippen LogP contribution >= 0.6 is 11.6 Å². The summed E-state index contributed by atoms with van der Waals surface area (Å²) in [7, 11) is 1.52. The molecule has 0 aliphatic rings. The Morgan fingerprint density at radius 2 is 1.64 bits per heavy atom. The first-order chi connectivity index (χ1) is 13.4. The molecule has 2 N–H and O–H groups in total. The summed E-state index contributed by atoms with van der Waals surface area (Å²) < 4.78 is 5.28. The van der Waals surface area contributed by atoms with Crippen LogP contribution in [0, 0.1) is 20.8 Å². The molecule has 0 atom stereocenters. The third-order valence-electron chi connectivity index (χ3n) is 4.12. The Labute approximate surface area is 168 Å². The maximum Gasteiger partial charge on any atom is 0.258 e. The van der Waals surface area contributed by atoms with Crippen molar-refractivity contribution in [2.24, 2.45) is 0 Å². The minimum Gasteiger partial charge on any atom is -0.495 e. The van der Waals surface area contributed by atoms with E-state index in [0.29, 0.717) is 28.0 Å². The van der Waals surface area contributed by atoms with Crippen LogP contribution in [0.15, 0.2) is 42.7 Å². The van der Waals surface area contributed by atoms with Crippen molar-refractivity contribution in [1.82, 2.24) is 9.97 Å². The molecule has 1 heterocycles. The van der Waals surface area contributed by atoms with E-state index >= 15 is 0 Å². The average molecular weight is 397 g/mol. The molecule has 1 aromatic heterocycles. The minimum atomic E-state index is -0.335. The lowest BCUT2D eigenvalue weighted by atomic mass is 10.1. The summed E-state index contributed by atoms with van der Waals surface area (Å²) in [4.78, 5) is 21.0. The summed E-state index contributed by atoms with van der Waals surface area (Å²) >= 11 is 6.10. The van der Waals surface area contributed by atoms with E-state index < -0.39 is 0 Å². The summed E-state index contributed by atoms with van der Waals surface area (Å²) in [5.41, 5.74) is 4.89. The van der Waals surface area contributed by atoms with E-state index in [0.717, 1.165) is 22.4 Å². The number of anilines is 3. The summed E-state index contributed by atoms with van der Waals surface area (Å²) in [5.74, 6) is 0.567. The highest BCUT2D eigenvalue weighted by Gasteiger charge is 2.13. The zero-order valence-electron chi connectivity index (χ0n) is 16.1. The lowest BCUT2D eigenvalue weighted by molar-refractivity contribution is 0.102. The van der Waals surface area contributed by atoms with Crippen LogP contribution in [0.2, 0.25) is 5.02 Å². The van der Waals surface area contributed by atoms with Gasteiger partial charge < -0.3 is 15.4 Å². The number of hydrogen-bond donors (Lipinski definition) is 2. The van der Waals surface area contributed by atoms with Gasteiger partial charge in [-0.2, -0.15) is 0 Å². The molecule has 6 nitrogen and oxygen atoms in total. The van der Waals surface area contributed by atoms with Crippen molar-refractivity contribution in [3.8, 4) is 5.75 Å². The molecule has 0 saturated heterocycles. The monoisotopic (exact) mass is 396 g/mol. The number of carbonyl (C=O) groups is 1. The van der Waals surface area contributed by atoms with Gasteiger partial charge in [0.25, 0.3) is 5.91 Å². The number of halogens is 1.